The molecule has 2 unspecified atom stereocenters. The highest BCUT2D eigenvalue weighted by Crippen LogP contribution is 2.65. The van der Waals surface area contributed by atoms with Crippen LogP contribution in [0.1, 0.15) is 11.1 Å². The minimum atomic E-state index is -1.97. The van der Waals surface area contributed by atoms with Gasteiger partial charge in [-0.25, -0.2) is 4.79 Å². The summed E-state index contributed by atoms with van der Waals surface area (Å²) in [5.74, 6) is -1.11. The number of hydrogen-bond donors (Lipinski definition) is 2. The molecule has 0 saturated heterocycles. The van der Waals surface area contributed by atoms with Crippen LogP contribution in [-0.2, 0) is 15.1 Å². The van der Waals surface area contributed by atoms with Crippen molar-refractivity contribution >= 4 is 121 Å². The van der Waals surface area contributed by atoms with Crippen molar-refractivity contribution in [1.29, 1.82) is 0 Å². The van der Waals surface area contributed by atoms with E-state index in [1.54, 1.807) is 6.07 Å². The molecule has 0 bridgehead atoms. The predicted octanol–water partition coefficient (Wildman–Crippen LogP) is 7.65. The number of halogens is 8. The average molecular weight is 793 g/mol. The molecule has 2 aromatic rings. The number of esters is 1. The first kappa shape index (κ1) is 24.7. The lowest BCUT2D eigenvalue weighted by Gasteiger charge is -2.40. The molecule has 1 spiro atoms. The van der Waals surface area contributed by atoms with Gasteiger partial charge in [0.2, 0.25) is 0 Å². The fourth-order valence-corrected chi connectivity index (χ4v) is 7.08. The van der Waals surface area contributed by atoms with Gasteiger partial charge in [-0.15, -0.1) is 11.6 Å². The summed E-state index contributed by atoms with van der Waals surface area (Å²) < 4.78 is 10.8. The number of ether oxygens (including phenoxy) is 2. The van der Waals surface area contributed by atoms with Crippen molar-refractivity contribution in [1.82, 2.24) is 0 Å². The van der Waals surface area contributed by atoms with E-state index in [4.69, 9.17) is 79.1 Å². The van der Waals surface area contributed by atoms with Crippen molar-refractivity contribution in [3.8, 4) is 23.0 Å². The summed E-state index contributed by atoms with van der Waals surface area (Å²) in [4.78, 5) is 13.3. The lowest BCUT2D eigenvalue weighted by atomic mass is 9.75. The molecule has 2 aliphatic heterocycles. The molecule has 0 fully saturated rings. The van der Waals surface area contributed by atoms with Gasteiger partial charge in [-0.3, -0.25) is 0 Å². The molecule has 2 atom stereocenters. The molecule has 0 aromatic heterocycles. The first-order valence-electron chi connectivity index (χ1n) is 8.82. The van der Waals surface area contributed by atoms with E-state index >= 15 is 0 Å². The second-order valence-corrected chi connectivity index (χ2v) is 12.6. The third-order valence-corrected chi connectivity index (χ3v) is 10.2. The number of carbonyl (C=O) groups is 1. The highest BCUT2D eigenvalue weighted by Gasteiger charge is 2.64. The molecule has 2 heterocycles. The van der Waals surface area contributed by atoms with Crippen molar-refractivity contribution in [2.24, 2.45) is 0 Å². The third-order valence-electron chi connectivity index (χ3n) is 5.52. The molecule has 2 N–H and O–H groups in total. The Labute approximate surface area is 243 Å². The van der Waals surface area contributed by atoms with Crippen molar-refractivity contribution < 1.29 is 24.5 Å². The first-order valence-corrected chi connectivity index (χ1v) is 13.3. The summed E-state index contributed by atoms with van der Waals surface area (Å²) in [6.45, 7) is 0. The van der Waals surface area contributed by atoms with Crippen molar-refractivity contribution in [3.63, 3.8) is 0 Å². The van der Waals surface area contributed by atoms with E-state index < -0.39 is 21.3 Å². The molecule has 0 amide bonds. The van der Waals surface area contributed by atoms with Gasteiger partial charge in [0.1, 0.15) is 21.9 Å². The lowest BCUT2D eigenvalue weighted by Crippen LogP contribution is -2.38. The van der Waals surface area contributed by atoms with Gasteiger partial charge in [-0.05, 0) is 57.3 Å². The number of aromatic hydroxyl groups is 2. The van der Waals surface area contributed by atoms with Gasteiger partial charge in [0.05, 0.1) is 28.3 Å². The Hall–Kier alpha value is -0.0100. The summed E-state index contributed by atoms with van der Waals surface area (Å²) in [6.07, 6.45) is 0. The quantitative estimate of drug-likeness (QED) is 0.163. The Bertz CT molecular complexity index is 1370. The maximum Gasteiger partial charge on any atom is 0.339 e. The van der Waals surface area contributed by atoms with Gasteiger partial charge >= 0.3 is 5.97 Å². The number of alkyl halides is 3. The molecule has 0 radical (unpaired) electrons. The topological polar surface area (TPSA) is 76.0 Å². The molecular weight excluding hydrogens is 787 g/mol. The zero-order chi connectivity index (χ0) is 24.2. The zero-order valence-corrected chi connectivity index (χ0v) is 24.3. The maximum absolute atomic E-state index is 13.3. The molecule has 1 aliphatic carbocycles. The maximum atomic E-state index is 13.3. The number of fused-ring (bicyclic) bond motifs is 5. The van der Waals surface area contributed by atoms with Crippen LogP contribution in [0, 0.1) is 7.14 Å². The summed E-state index contributed by atoms with van der Waals surface area (Å²) in [5, 5.41) is 19.2. The van der Waals surface area contributed by atoms with Crippen LogP contribution in [0.5, 0.6) is 23.0 Å². The molecule has 0 saturated carbocycles. The number of carbonyl (C=O) groups excluding carboxylic acids is 1. The Kier molecular flexibility index (Phi) is 5.98. The van der Waals surface area contributed by atoms with E-state index in [1.807, 2.05) is 45.2 Å². The molecule has 172 valence electrons. The smallest absolute Gasteiger partial charge is 0.339 e. The van der Waals surface area contributed by atoms with Gasteiger partial charge in [0.15, 0.2) is 21.4 Å². The summed E-state index contributed by atoms with van der Waals surface area (Å²) >= 11 is 42.7. The Morgan fingerprint density at radius 2 is 1.61 bits per heavy atom. The standard InChI is InChI=1S/C20H6Cl6I2O5/c21-12-10-11(20(25,26)17(24)13(12)22)18(31)33-19(10)4-1-6(27)8(29)3-9(4)32-16-5(19)2-7(28)15(30)14(16)23/h1-3,17,29-30H. The zero-order valence-electron chi connectivity index (χ0n) is 15.5. The molecule has 13 heteroatoms. The van der Waals surface area contributed by atoms with Crippen LogP contribution < -0.4 is 4.74 Å². The summed E-state index contributed by atoms with van der Waals surface area (Å²) in [5.41, 5.74) is -1.30. The third kappa shape index (κ3) is 3.19. The van der Waals surface area contributed by atoms with Gasteiger partial charge < -0.3 is 19.7 Å². The van der Waals surface area contributed by atoms with Crippen LogP contribution in [0.4, 0.5) is 0 Å². The molecule has 5 rings (SSSR count). The van der Waals surface area contributed by atoms with Crippen molar-refractivity contribution in [2.75, 3.05) is 0 Å². The van der Waals surface area contributed by atoms with Gasteiger partial charge in [-0.2, -0.15) is 0 Å². The summed E-state index contributed by atoms with van der Waals surface area (Å²) in [6, 6.07) is 4.44. The Morgan fingerprint density at radius 3 is 2.27 bits per heavy atom. The van der Waals surface area contributed by atoms with E-state index in [0.717, 1.165) is 0 Å². The molecule has 5 nitrogen and oxygen atoms in total. The number of hydrogen-bond acceptors (Lipinski definition) is 5. The SMILES string of the molecule is O=C1OC2(C3=C1C(Cl)(Cl)C(Cl)C(Cl)=C3Cl)c1cc(I)c(O)cc1Oc1c2cc(I)c(O)c1Cl. The predicted molar refractivity (Wildman–Crippen MR) is 143 cm³/mol. The second-order valence-electron chi connectivity index (χ2n) is 7.27. The van der Waals surface area contributed by atoms with Crippen molar-refractivity contribution in [2.45, 2.75) is 15.3 Å². The highest BCUT2D eigenvalue weighted by molar-refractivity contribution is 14.1. The average Bonchev–Trinajstić information content (AvgIpc) is 3.06. The van der Waals surface area contributed by atoms with E-state index in [0.29, 0.717) is 12.7 Å². The fraction of sp³-hybridized carbons (Fsp3) is 0.150. The first-order chi connectivity index (χ1) is 15.3. The minimum Gasteiger partial charge on any atom is -0.507 e. The van der Waals surface area contributed by atoms with Crippen LogP contribution in [0.25, 0.3) is 0 Å². The van der Waals surface area contributed by atoms with Crippen LogP contribution in [0.15, 0.2) is 39.4 Å². The number of phenolic OH excluding ortho intramolecular Hbond substituents is 2. The number of allylic oxidation sites excluding steroid dienone is 1. The van der Waals surface area contributed by atoms with Crippen LogP contribution in [-0.4, -0.2) is 25.9 Å². The number of benzene rings is 2. The summed E-state index contributed by atoms with van der Waals surface area (Å²) in [7, 11) is 0. The second kappa shape index (κ2) is 7.99. The van der Waals surface area contributed by atoms with Crippen molar-refractivity contribution in [3.05, 3.63) is 62.7 Å². The Morgan fingerprint density at radius 1 is 0.970 bits per heavy atom. The monoisotopic (exact) mass is 790 g/mol. The van der Waals surface area contributed by atoms with E-state index in [9.17, 15) is 15.0 Å². The fourth-order valence-electron chi connectivity index (χ4n) is 4.09. The number of rotatable bonds is 0. The lowest BCUT2D eigenvalue weighted by molar-refractivity contribution is -0.145. The largest absolute Gasteiger partial charge is 0.507 e. The van der Waals surface area contributed by atoms with E-state index in [2.05, 4.69) is 0 Å². The number of phenols is 2. The van der Waals surface area contributed by atoms with Crippen LogP contribution in [0.2, 0.25) is 5.02 Å². The highest BCUT2D eigenvalue weighted by atomic mass is 127. The van der Waals surface area contributed by atoms with E-state index in [1.165, 1.54) is 12.1 Å². The molecule has 2 aromatic carbocycles. The van der Waals surface area contributed by atoms with Gasteiger partial charge in [-0.1, -0.05) is 58.0 Å². The normalized spacial score (nSPS) is 25.0. The molecule has 33 heavy (non-hydrogen) atoms. The van der Waals surface area contributed by atoms with Crippen LogP contribution >= 0.6 is 115 Å². The van der Waals surface area contributed by atoms with Gasteiger partial charge in [0.25, 0.3) is 0 Å². The van der Waals surface area contributed by atoms with Gasteiger partial charge in [0, 0.05) is 17.2 Å². The minimum absolute atomic E-state index is 0.00688. The van der Waals surface area contributed by atoms with Crippen LogP contribution in [0.3, 0.4) is 0 Å². The van der Waals surface area contributed by atoms with E-state index in [-0.39, 0.29) is 54.8 Å². The molecule has 3 aliphatic rings. The molecular formula is C20H6Cl6I2O5. The Balaban J connectivity index is 1.99.